The van der Waals surface area contributed by atoms with Gasteiger partial charge in [-0.25, -0.2) is 0 Å². The Bertz CT molecular complexity index is 733. The van der Waals surface area contributed by atoms with Crippen LogP contribution in [-0.2, 0) is 22.7 Å². The summed E-state index contributed by atoms with van der Waals surface area (Å²) in [6, 6.07) is 13.0. The lowest BCUT2D eigenvalue weighted by Gasteiger charge is -2.40. The van der Waals surface area contributed by atoms with Crippen molar-refractivity contribution in [2.75, 3.05) is 6.61 Å². The van der Waals surface area contributed by atoms with E-state index >= 15 is 0 Å². The van der Waals surface area contributed by atoms with Gasteiger partial charge in [0.25, 0.3) is 0 Å². The molecule has 0 aromatic heterocycles. The molecule has 8 heteroatoms. The smallest absolute Gasteiger partial charge is 0.229 e. The molecule has 0 saturated carbocycles. The maximum Gasteiger partial charge on any atom is 0.229 e. The maximum absolute atomic E-state index is 10.2. The molecule has 1 fully saturated rings. The van der Waals surface area contributed by atoms with E-state index in [1.54, 1.807) is 36.4 Å². The second-order valence-corrected chi connectivity index (χ2v) is 6.62. The average Bonchev–Trinajstić information content (AvgIpc) is 2.71. The third-order valence-electron chi connectivity index (χ3n) is 4.51. The summed E-state index contributed by atoms with van der Waals surface area (Å²) in [5.41, 5.74) is 1.52. The van der Waals surface area contributed by atoms with Gasteiger partial charge in [0, 0.05) is 0 Å². The molecule has 2 aromatic rings. The molecular formula is C20H24O8. The number of aromatic hydroxyl groups is 1. The van der Waals surface area contributed by atoms with E-state index in [1.807, 2.05) is 0 Å². The Morgan fingerprint density at radius 2 is 1.46 bits per heavy atom. The minimum absolute atomic E-state index is 0.0326. The van der Waals surface area contributed by atoms with Crippen LogP contribution in [0.2, 0.25) is 0 Å². The first kappa shape index (κ1) is 20.5. The van der Waals surface area contributed by atoms with Gasteiger partial charge in [0.1, 0.15) is 35.9 Å². The third-order valence-corrected chi connectivity index (χ3v) is 4.51. The molecule has 1 saturated heterocycles. The molecule has 1 heterocycles. The maximum atomic E-state index is 10.2. The van der Waals surface area contributed by atoms with Crippen molar-refractivity contribution in [3.8, 4) is 11.5 Å². The fourth-order valence-corrected chi connectivity index (χ4v) is 2.84. The highest BCUT2D eigenvalue weighted by Crippen LogP contribution is 2.25. The molecule has 5 N–H and O–H groups in total. The van der Waals surface area contributed by atoms with Gasteiger partial charge in [0.05, 0.1) is 19.8 Å². The number of aliphatic hydroxyl groups is 4. The molecule has 0 bridgehead atoms. The third kappa shape index (κ3) is 4.99. The zero-order valence-electron chi connectivity index (χ0n) is 15.1. The predicted octanol–water partition coefficient (Wildman–Crippen LogP) is 0.288. The van der Waals surface area contributed by atoms with Crippen LogP contribution in [0.4, 0.5) is 0 Å². The van der Waals surface area contributed by atoms with Gasteiger partial charge in [-0.2, -0.15) is 0 Å². The normalized spacial score (nSPS) is 27.5. The van der Waals surface area contributed by atoms with Gasteiger partial charge in [0.2, 0.25) is 6.29 Å². The first-order valence-corrected chi connectivity index (χ1v) is 8.89. The molecule has 0 spiro atoms. The molecule has 5 atom stereocenters. The minimum Gasteiger partial charge on any atom is -0.508 e. The summed E-state index contributed by atoms with van der Waals surface area (Å²) in [4.78, 5) is 0. The van der Waals surface area contributed by atoms with E-state index < -0.39 is 30.7 Å². The molecule has 28 heavy (non-hydrogen) atoms. The second kappa shape index (κ2) is 9.33. The largest absolute Gasteiger partial charge is 0.508 e. The van der Waals surface area contributed by atoms with Gasteiger partial charge in [-0.15, -0.1) is 0 Å². The Kier molecular flexibility index (Phi) is 6.84. The van der Waals surface area contributed by atoms with Crippen molar-refractivity contribution in [3.05, 3.63) is 59.7 Å². The van der Waals surface area contributed by atoms with E-state index in [-0.39, 0.29) is 25.6 Å². The minimum atomic E-state index is -1.46. The van der Waals surface area contributed by atoms with Crippen LogP contribution in [0.25, 0.3) is 0 Å². The molecule has 152 valence electrons. The molecule has 8 nitrogen and oxygen atoms in total. The average molecular weight is 392 g/mol. The number of aliphatic hydroxyl groups excluding tert-OH is 4. The number of benzene rings is 2. The summed E-state index contributed by atoms with van der Waals surface area (Å²) in [5.74, 6) is 0.535. The fourth-order valence-electron chi connectivity index (χ4n) is 2.84. The summed E-state index contributed by atoms with van der Waals surface area (Å²) in [6.07, 6.45) is -6.34. The number of hydrogen-bond acceptors (Lipinski definition) is 8. The van der Waals surface area contributed by atoms with Crippen molar-refractivity contribution in [3.63, 3.8) is 0 Å². The summed E-state index contributed by atoms with van der Waals surface area (Å²) >= 11 is 0. The molecule has 1 aliphatic rings. The van der Waals surface area contributed by atoms with Crippen LogP contribution in [0, 0.1) is 0 Å². The second-order valence-electron chi connectivity index (χ2n) is 6.62. The summed E-state index contributed by atoms with van der Waals surface area (Å²) in [6.45, 7) is 0.0863. The molecule has 3 rings (SSSR count). The monoisotopic (exact) mass is 392 g/mol. The Hall–Kier alpha value is -2.20. The topological polar surface area (TPSA) is 129 Å². The zero-order chi connectivity index (χ0) is 20.1. The van der Waals surface area contributed by atoms with Crippen LogP contribution < -0.4 is 4.74 Å². The number of hydrogen-bond donors (Lipinski definition) is 5. The molecule has 2 aromatic carbocycles. The van der Waals surface area contributed by atoms with Crippen LogP contribution in [0.1, 0.15) is 11.1 Å². The zero-order valence-corrected chi connectivity index (χ0v) is 15.1. The highest BCUT2D eigenvalue weighted by atomic mass is 16.7. The van der Waals surface area contributed by atoms with E-state index in [0.717, 1.165) is 5.56 Å². The van der Waals surface area contributed by atoms with Crippen molar-refractivity contribution in [2.45, 2.75) is 43.9 Å². The van der Waals surface area contributed by atoms with Gasteiger partial charge >= 0.3 is 0 Å². The lowest BCUT2D eigenvalue weighted by Crippen LogP contribution is -2.60. The number of phenols is 1. The van der Waals surface area contributed by atoms with Crippen molar-refractivity contribution >= 4 is 0 Å². The number of rotatable bonds is 7. The fraction of sp³-hybridized carbons (Fsp3) is 0.400. The van der Waals surface area contributed by atoms with Crippen LogP contribution in [0.15, 0.2) is 48.5 Å². The van der Waals surface area contributed by atoms with Crippen molar-refractivity contribution in [2.24, 2.45) is 0 Å². The Balaban J connectivity index is 1.58. The van der Waals surface area contributed by atoms with E-state index in [0.29, 0.717) is 11.3 Å². The highest BCUT2D eigenvalue weighted by Gasteiger charge is 2.45. The van der Waals surface area contributed by atoms with Crippen molar-refractivity contribution in [1.82, 2.24) is 0 Å². The van der Waals surface area contributed by atoms with E-state index in [2.05, 4.69) is 0 Å². The quantitative estimate of drug-likeness (QED) is 0.455. The van der Waals surface area contributed by atoms with Gasteiger partial charge in [0.15, 0.2) is 0 Å². The molecular weight excluding hydrogens is 368 g/mol. The van der Waals surface area contributed by atoms with E-state index in [4.69, 9.17) is 19.3 Å². The van der Waals surface area contributed by atoms with Crippen molar-refractivity contribution < 1.29 is 39.7 Å². The highest BCUT2D eigenvalue weighted by molar-refractivity contribution is 5.27. The standard InChI is InChI=1S/C20H24O8/c21-9-12-3-7-15(8-4-12)27-20-19(25)18(24)17(23)16(28-20)11-26-10-13-1-5-14(22)6-2-13/h1-8,16-25H,9-11H2/t16-,17-,18+,19-,20-/m1/s1. The van der Waals surface area contributed by atoms with Crippen LogP contribution in [-0.4, -0.2) is 62.8 Å². The Labute approximate surface area is 162 Å². The predicted molar refractivity (Wildman–Crippen MR) is 97.4 cm³/mol. The molecule has 0 amide bonds. The lowest BCUT2D eigenvalue weighted by molar-refractivity contribution is -0.280. The first-order valence-electron chi connectivity index (χ1n) is 8.89. The summed E-state index contributed by atoms with van der Waals surface area (Å²) in [7, 11) is 0. The van der Waals surface area contributed by atoms with Gasteiger partial charge in [-0.1, -0.05) is 24.3 Å². The Morgan fingerprint density at radius 3 is 2.11 bits per heavy atom. The van der Waals surface area contributed by atoms with Crippen molar-refractivity contribution in [1.29, 1.82) is 0 Å². The number of phenolic OH excluding ortho intramolecular Hbond substituents is 1. The summed E-state index contributed by atoms with van der Waals surface area (Å²) < 4.78 is 16.7. The summed E-state index contributed by atoms with van der Waals surface area (Å²) in [5, 5.41) is 48.8. The molecule has 0 aliphatic carbocycles. The van der Waals surface area contributed by atoms with Gasteiger partial charge in [-0.3, -0.25) is 0 Å². The molecule has 1 aliphatic heterocycles. The molecule has 0 unspecified atom stereocenters. The SMILES string of the molecule is OCc1ccc(O[C@@H]2O[C@H](COCc3ccc(O)cc3)[C@@H](O)[C@H](O)[C@H]2O)cc1. The molecule has 0 radical (unpaired) electrons. The number of ether oxygens (including phenoxy) is 3. The van der Waals surface area contributed by atoms with Crippen LogP contribution >= 0.6 is 0 Å². The first-order chi connectivity index (χ1) is 13.5. The van der Waals surface area contributed by atoms with E-state index in [9.17, 15) is 20.4 Å². The lowest BCUT2D eigenvalue weighted by atomic mass is 9.99. The van der Waals surface area contributed by atoms with Gasteiger partial charge in [-0.05, 0) is 35.4 Å². The Morgan fingerprint density at radius 1 is 0.821 bits per heavy atom. The van der Waals surface area contributed by atoms with Crippen LogP contribution in [0.5, 0.6) is 11.5 Å². The van der Waals surface area contributed by atoms with Crippen LogP contribution in [0.3, 0.4) is 0 Å². The van der Waals surface area contributed by atoms with Gasteiger partial charge < -0.3 is 39.7 Å². The van der Waals surface area contributed by atoms with E-state index in [1.165, 1.54) is 12.1 Å².